The standard InChI is InChI=1S/C28H24N8O3/c1-17(33-27(38)23-24(29)32-16-35-15-14-31-26(23)35)25-34-21-12-6-8-19(9-7-13-30-18(2)37)22(21)28(39)36(25)20-10-4-3-5-11-20/h3-6,8,10-12,14-17H,13H2,1-2H3,(H4,29,30,31,33,37,38)/p+1. The van der Waals surface area contributed by atoms with Crippen LogP contribution >= 0.6 is 0 Å². The maximum Gasteiger partial charge on any atom is 0.267 e. The Morgan fingerprint density at radius 2 is 1.97 bits per heavy atom. The van der Waals surface area contributed by atoms with Gasteiger partial charge in [0.25, 0.3) is 11.5 Å². The maximum atomic E-state index is 14.0. The number of imidazole rings is 1. The van der Waals surface area contributed by atoms with Crippen molar-refractivity contribution in [1.29, 1.82) is 0 Å². The molecule has 5 rings (SSSR count). The summed E-state index contributed by atoms with van der Waals surface area (Å²) in [5.41, 5.74) is 7.88. The number of hydrogen-bond acceptors (Lipinski definition) is 6. The van der Waals surface area contributed by atoms with Crippen molar-refractivity contribution >= 4 is 34.2 Å². The molecule has 0 bridgehead atoms. The molecule has 5 N–H and O–H groups in total. The van der Waals surface area contributed by atoms with Crippen LogP contribution in [0.2, 0.25) is 0 Å². The zero-order valence-corrected chi connectivity index (χ0v) is 21.2. The summed E-state index contributed by atoms with van der Waals surface area (Å²) in [5, 5.41) is 5.87. The smallest absolute Gasteiger partial charge is 0.267 e. The van der Waals surface area contributed by atoms with Crippen LogP contribution in [0.1, 0.15) is 41.6 Å². The van der Waals surface area contributed by atoms with Gasteiger partial charge in [-0.05, 0) is 31.2 Å². The summed E-state index contributed by atoms with van der Waals surface area (Å²) < 4.78 is 3.12. The first-order chi connectivity index (χ1) is 18.8. The number of fused-ring (bicyclic) bond motifs is 2. The number of benzene rings is 2. The van der Waals surface area contributed by atoms with E-state index in [-0.39, 0.29) is 29.4 Å². The van der Waals surface area contributed by atoms with Gasteiger partial charge in [0.2, 0.25) is 23.7 Å². The Balaban J connectivity index is 1.62. The number of hydrogen-bond donors (Lipinski definition) is 4. The molecule has 0 saturated carbocycles. The van der Waals surface area contributed by atoms with Crippen LogP contribution in [-0.2, 0) is 4.79 Å². The molecular weight excluding hydrogens is 496 g/mol. The van der Waals surface area contributed by atoms with Crippen molar-refractivity contribution in [2.45, 2.75) is 19.9 Å². The number of nitrogen functional groups attached to an aromatic ring is 1. The molecule has 1 unspecified atom stereocenters. The van der Waals surface area contributed by atoms with Gasteiger partial charge in [0.05, 0.1) is 35.4 Å². The quantitative estimate of drug-likeness (QED) is 0.203. The number of carbonyl (C=O) groups is 2. The highest BCUT2D eigenvalue weighted by Crippen LogP contribution is 2.21. The van der Waals surface area contributed by atoms with Gasteiger partial charge in [0.15, 0.2) is 5.56 Å². The Kier molecular flexibility index (Phi) is 6.75. The zero-order chi connectivity index (χ0) is 27.5. The number of rotatable bonds is 5. The van der Waals surface area contributed by atoms with E-state index in [2.05, 4.69) is 32.4 Å². The average Bonchev–Trinajstić information content (AvgIpc) is 3.39. The molecule has 0 spiro atoms. The Morgan fingerprint density at radius 3 is 2.74 bits per heavy atom. The molecule has 3 heterocycles. The van der Waals surface area contributed by atoms with Gasteiger partial charge in [-0.1, -0.05) is 41.1 Å². The van der Waals surface area contributed by atoms with Gasteiger partial charge in [-0.25, -0.2) is 9.38 Å². The third-order valence-electron chi connectivity index (χ3n) is 6.08. The van der Waals surface area contributed by atoms with Crippen molar-refractivity contribution in [2.75, 3.05) is 12.3 Å². The first-order valence-electron chi connectivity index (χ1n) is 12.1. The molecule has 5 aromatic rings. The normalized spacial score (nSPS) is 11.5. The van der Waals surface area contributed by atoms with E-state index in [1.54, 1.807) is 54.0 Å². The first-order valence-corrected chi connectivity index (χ1v) is 12.1. The Morgan fingerprint density at radius 1 is 1.18 bits per heavy atom. The van der Waals surface area contributed by atoms with Gasteiger partial charge in [0, 0.05) is 12.5 Å². The van der Waals surface area contributed by atoms with Crippen molar-refractivity contribution < 1.29 is 14.0 Å². The molecule has 0 fully saturated rings. The number of nitrogens with one attached hydrogen (secondary N) is 3. The fraction of sp³-hybridized carbons (Fsp3) is 0.143. The van der Waals surface area contributed by atoms with E-state index in [9.17, 15) is 14.4 Å². The molecule has 0 aliphatic heterocycles. The van der Waals surface area contributed by atoms with Crippen LogP contribution in [0.25, 0.3) is 22.2 Å². The molecular formula is C28H25N8O3+. The van der Waals surface area contributed by atoms with E-state index in [1.165, 1.54) is 17.8 Å². The number of nitrogens with zero attached hydrogens (tertiary/aromatic N) is 4. The van der Waals surface area contributed by atoms with E-state index in [1.807, 2.05) is 18.2 Å². The van der Waals surface area contributed by atoms with Crippen LogP contribution in [-0.4, -0.2) is 37.9 Å². The minimum Gasteiger partial charge on any atom is -0.369 e. The van der Waals surface area contributed by atoms with Crippen LogP contribution in [0.15, 0.2) is 72.0 Å². The van der Waals surface area contributed by atoms with E-state index in [4.69, 9.17) is 10.7 Å². The van der Waals surface area contributed by atoms with Gasteiger partial charge < -0.3 is 16.4 Å². The third kappa shape index (κ3) is 4.91. The van der Waals surface area contributed by atoms with Gasteiger partial charge >= 0.3 is 0 Å². The lowest BCUT2D eigenvalue weighted by atomic mass is 10.1. The Labute approximate surface area is 222 Å². The van der Waals surface area contributed by atoms with Gasteiger partial charge in [-0.3, -0.25) is 23.9 Å². The maximum absolute atomic E-state index is 14.0. The number of carbonyl (C=O) groups excluding carboxylic acids is 2. The highest BCUT2D eigenvalue weighted by molar-refractivity contribution is 6.03. The highest BCUT2D eigenvalue weighted by Gasteiger charge is 2.26. The summed E-state index contributed by atoms with van der Waals surface area (Å²) in [5.74, 6) is 5.57. The summed E-state index contributed by atoms with van der Waals surface area (Å²) in [6.45, 7) is 3.30. The lowest BCUT2D eigenvalue weighted by molar-refractivity contribution is -0.513. The SMILES string of the molecule is CC(=O)NCC#Cc1cccc2nc(C(C)NC(=O)c3c(N)nc[n+]4cc[nH]c34)n(-c3ccccc3)c(=O)c12. The first kappa shape index (κ1) is 25.2. The molecule has 0 saturated heterocycles. The molecule has 2 aromatic carbocycles. The van der Waals surface area contributed by atoms with Crippen molar-refractivity contribution in [3.8, 4) is 17.5 Å². The second kappa shape index (κ2) is 10.5. The fourth-order valence-corrected chi connectivity index (χ4v) is 4.29. The van der Waals surface area contributed by atoms with E-state index in [0.717, 1.165) is 0 Å². The van der Waals surface area contributed by atoms with Crippen LogP contribution in [0.5, 0.6) is 0 Å². The molecule has 39 heavy (non-hydrogen) atoms. The number of aromatic nitrogens is 5. The van der Waals surface area contributed by atoms with E-state index >= 15 is 0 Å². The molecule has 0 aliphatic rings. The summed E-state index contributed by atoms with van der Waals surface area (Å²) >= 11 is 0. The summed E-state index contributed by atoms with van der Waals surface area (Å²) in [4.78, 5) is 50.5. The van der Waals surface area contributed by atoms with E-state index < -0.39 is 11.9 Å². The molecule has 194 valence electrons. The number of aromatic amines is 1. The summed E-state index contributed by atoms with van der Waals surface area (Å²) in [6, 6.07) is 13.6. The van der Waals surface area contributed by atoms with Crippen LogP contribution < -0.4 is 26.3 Å². The number of amides is 2. The zero-order valence-electron chi connectivity index (χ0n) is 21.2. The van der Waals surface area contributed by atoms with Crippen molar-refractivity contribution in [3.05, 3.63) is 94.6 Å². The molecule has 1 atom stereocenters. The van der Waals surface area contributed by atoms with Gasteiger partial charge in [-0.15, -0.1) is 0 Å². The van der Waals surface area contributed by atoms with Crippen LogP contribution in [0.3, 0.4) is 0 Å². The number of anilines is 1. The van der Waals surface area contributed by atoms with Crippen LogP contribution in [0.4, 0.5) is 5.82 Å². The fourth-order valence-electron chi connectivity index (χ4n) is 4.29. The number of para-hydroxylation sites is 1. The Hall–Kier alpha value is -5.50. The average molecular weight is 522 g/mol. The third-order valence-corrected chi connectivity index (χ3v) is 6.08. The lowest BCUT2D eigenvalue weighted by Gasteiger charge is -2.20. The predicted molar refractivity (Wildman–Crippen MR) is 145 cm³/mol. The van der Waals surface area contributed by atoms with Crippen molar-refractivity contribution in [3.63, 3.8) is 0 Å². The van der Waals surface area contributed by atoms with Crippen molar-refractivity contribution in [2.24, 2.45) is 0 Å². The lowest BCUT2D eigenvalue weighted by Crippen LogP contribution is -2.35. The summed E-state index contributed by atoms with van der Waals surface area (Å²) in [7, 11) is 0. The second-order valence-electron chi connectivity index (χ2n) is 8.77. The number of nitrogens with two attached hydrogens (primary N) is 1. The van der Waals surface area contributed by atoms with Crippen LogP contribution in [0, 0.1) is 11.8 Å². The monoisotopic (exact) mass is 521 g/mol. The van der Waals surface area contributed by atoms with Gasteiger partial charge in [0.1, 0.15) is 12.0 Å². The number of H-pyrrole nitrogens is 1. The predicted octanol–water partition coefficient (Wildman–Crippen LogP) is 1.41. The highest BCUT2D eigenvalue weighted by atomic mass is 16.2. The van der Waals surface area contributed by atoms with Gasteiger partial charge in [-0.2, -0.15) is 0 Å². The molecule has 11 nitrogen and oxygen atoms in total. The summed E-state index contributed by atoms with van der Waals surface area (Å²) in [6.07, 6.45) is 4.90. The molecule has 11 heteroatoms. The Bertz CT molecular complexity index is 1850. The minimum absolute atomic E-state index is 0.0662. The van der Waals surface area contributed by atoms with Crippen molar-refractivity contribution in [1.82, 2.24) is 30.2 Å². The second-order valence-corrected chi connectivity index (χ2v) is 8.77. The molecule has 2 amide bonds. The molecule has 0 aliphatic carbocycles. The topological polar surface area (TPSA) is 152 Å². The van der Waals surface area contributed by atoms with E-state index in [0.29, 0.717) is 33.6 Å². The largest absolute Gasteiger partial charge is 0.369 e. The minimum atomic E-state index is -0.695. The molecule has 0 radical (unpaired) electrons. The molecule has 3 aromatic heterocycles.